The number of nitrogens with two attached hydrogens (primary N) is 1. The molecule has 1 aliphatic rings. The van der Waals surface area contributed by atoms with E-state index in [1.807, 2.05) is 0 Å². The van der Waals surface area contributed by atoms with Gasteiger partial charge >= 0.3 is 0 Å². The summed E-state index contributed by atoms with van der Waals surface area (Å²) in [5.74, 6) is -2.55. The first-order valence-electron chi connectivity index (χ1n) is 7.75. The minimum atomic E-state index is -3.95. The highest BCUT2D eigenvalue weighted by Gasteiger charge is 2.30. The topological polar surface area (TPSA) is 96.6 Å². The Balaban J connectivity index is 1.78. The van der Waals surface area contributed by atoms with Gasteiger partial charge in [-0.1, -0.05) is 0 Å². The number of carbonyl (C=O) groups excluding carboxylic acids is 1. The number of pyridine rings is 1. The Morgan fingerprint density at radius 3 is 2.38 bits per heavy atom. The molecular weight excluding hydrogens is 366 g/mol. The molecule has 10 heteroatoms. The number of hydrogen-bond acceptors (Lipinski definition) is 5. The quantitative estimate of drug-likeness (QED) is 0.850. The van der Waals surface area contributed by atoms with Crippen molar-refractivity contribution < 1.29 is 22.0 Å². The summed E-state index contributed by atoms with van der Waals surface area (Å²) in [6.07, 6.45) is 1.52. The van der Waals surface area contributed by atoms with E-state index in [9.17, 15) is 22.0 Å². The van der Waals surface area contributed by atoms with Crippen LogP contribution in [0.4, 0.5) is 14.6 Å². The third-order valence-corrected chi connectivity index (χ3v) is 6.01. The minimum Gasteiger partial charge on any atom is -0.365 e. The molecule has 2 N–H and O–H groups in total. The molecule has 2 heterocycles. The summed E-state index contributed by atoms with van der Waals surface area (Å²) in [5.41, 5.74) is 5.60. The summed E-state index contributed by atoms with van der Waals surface area (Å²) in [4.78, 5) is 17.1. The van der Waals surface area contributed by atoms with Gasteiger partial charge in [0, 0.05) is 32.4 Å². The lowest BCUT2D eigenvalue weighted by Gasteiger charge is -2.35. The summed E-state index contributed by atoms with van der Waals surface area (Å²) in [7, 11) is -3.95. The Bertz CT molecular complexity index is 944. The van der Waals surface area contributed by atoms with Crippen LogP contribution in [0.1, 0.15) is 10.4 Å². The molecule has 0 spiro atoms. The lowest BCUT2D eigenvalue weighted by molar-refractivity contribution is 0.1000. The number of halogens is 2. The third kappa shape index (κ3) is 3.37. The first kappa shape index (κ1) is 18.2. The van der Waals surface area contributed by atoms with Crippen LogP contribution in [0.25, 0.3) is 0 Å². The predicted octanol–water partition coefficient (Wildman–Crippen LogP) is 0.970. The first-order valence-corrected chi connectivity index (χ1v) is 9.19. The molecule has 0 bridgehead atoms. The van der Waals surface area contributed by atoms with E-state index in [1.165, 1.54) is 10.5 Å². The standard InChI is InChI=1S/C16H16F2N4O3S/c17-13-4-3-11(10-14(13)18)26(24,25)22-8-6-21(7-9-22)16-12(15(19)23)2-1-5-20-16/h1-5,10H,6-9H2,(H2,19,23). The number of primary amides is 1. The zero-order chi connectivity index (χ0) is 18.9. The van der Waals surface area contributed by atoms with Crippen molar-refractivity contribution in [2.45, 2.75) is 4.90 Å². The molecule has 2 aromatic rings. The second-order valence-electron chi connectivity index (χ2n) is 5.71. The lowest BCUT2D eigenvalue weighted by Crippen LogP contribution is -2.49. The Morgan fingerprint density at radius 1 is 1.08 bits per heavy atom. The molecule has 1 saturated heterocycles. The number of hydrogen-bond donors (Lipinski definition) is 1. The molecule has 0 radical (unpaired) electrons. The van der Waals surface area contributed by atoms with Gasteiger partial charge < -0.3 is 10.6 Å². The molecule has 26 heavy (non-hydrogen) atoms. The Hall–Kier alpha value is -2.59. The van der Waals surface area contributed by atoms with Gasteiger partial charge in [0.05, 0.1) is 10.5 Å². The Kier molecular flexibility index (Phi) is 4.88. The number of anilines is 1. The maximum atomic E-state index is 13.4. The van der Waals surface area contributed by atoms with Gasteiger partial charge in [0.2, 0.25) is 10.0 Å². The van der Waals surface area contributed by atoms with Crippen molar-refractivity contribution in [1.82, 2.24) is 9.29 Å². The summed E-state index contributed by atoms with van der Waals surface area (Å²) >= 11 is 0. The maximum absolute atomic E-state index is 13.4. The predicted molar refractivity (Wildman–Crippen MR) is 90.1 cm³/mol. The second kappa shape index (κ2) is 6.96. The van der Waals surface area contributed by atoms with E-state index in [1.54, 1.807) is 17.0 Å². The zero-order valence-corrected chi connectivity index (χ0v) is 14.4. The highest BCUT2D eigenvalue weighted by atomic mass is 32.2. The molecule has 1 aliphatic heterocycles. The van der Waals surface area contributed by atoms with Crippen molar-refractivity contribution in [2.75, 3.05) is 31.1 Å². The molecule has 1 aromatic heterocycles. The maximum Gasteiger partial charge on any atom is 0.252 e. The SMILES string of the molecule is NC(=O)c1cccnc1N1CCN(S(=O)(=O)c2ccc(F)c(F)c2)CC1. The summed E-state index contributed by atoms with van der Waals surface area (Å²) in [5, 5.41) is 0. The van der Waals surface area contributed by atoms with Crippen LogP contribution >= 0.6 is 0 Å². The molecule has 7 nitrogen and oxygen atoms in total. The van der Waals surface area contributed by atoms with Crippen LogP contribution in [0, 0.1) is 11.6 Å². The fourth-order valence-corrected chi connectivity index (χ4v) is 4.20. The number of piperazine rings is 1. The molecular formula is C16H16F2N4O3S. The molecule has 3 rings (SSSR count). The van der Waals surface area contributed by atoms with Crippen molar-refractivity contribution >= 4 is 21.7 Å². The fraction of sp³-hybridized carbons (Fsp3) is 0.250. The van der Waals surface area contributed by atoms with Crippen molar-refractivity contribution in [2.24, 2.45) is 5.73 Å². The van der Waals surface area contributed by atoms with Crippen LogP contribution in [-0.2, 0) is 10.0 Å². The average molecular weight is 382 g/mol. The van der Waals surface area contributed by atoms with Gasteiger partial charge in [-0.3, -0.25) is 4.79 Å². The second-order valence-corrected chi connectivity index (χ2v) is 7.64. The molecule has 138 valence electrons. The zero-order valence-electron chi connectivity index (χ0n) is 13.6. The Morgan fingerprint density at radius 2 is 1.77 bits per heavy atom. The molecule has 0 unspecified atom stereocenters. The van der Waals surface area contributed by atoms with Crippen molar-refractivity contribution in [3.05, 3.63) is 53.7 Å². The van der Waals surface area contributed by atoms with E-state index >= 15 is 0 Å². The van der Waals surface area contributed by atoms with E-state index in [0.29, 0.717) is 11.9 Å². The van der Waals surface area contributed by atoms with Crippen LogP contribution in [0.15, 0.2) is 41.4 Å². The minimum absolute atomic E-state index is 0.107. The molecule has 1 aromatic carbocycles. The number of nitrogens with zero attached hydrogens (tertiary/aromatic N) is 3. The van der Waals surface area contributed by atoms with E-state index in [0.717, 1.165) is 12.1 Å². The van der Waals surface area contributed by atoms with Crippen molar-refractivity contribution in [3.8, 4) is 0 Å². The van der Waals surface area contributed by atoms with Gasteiger partial charge in [0.25, 0.3) is 5.91 Å². The van der Waals surface area contributed by atoms with Crippen molar-refractivity contribution in [3.63, 3.8) is 0 Å². The number of aromatic nitrogens is 1. The largest absolute Gasteiger partial charge is 0.365 e. The third-order valence-electron chi connectivity index (χ3n) is 4.12. The van der Waals surface area contributed by atoms with Gasteiger partial charge in [-0.2, -0.15) is 4.31 Å². The van der Waals surface area contributed by atoms with E-state index < -0.39 is 27.6 Å². The monoisotopic (exact) mass is 382 g/mol. The number of sulfonamides is 1. The number of carbonyl (C=O) groups is 1. The number of amides is 1. The van der Waals surface area contributed by atoms with Gasteiger partial charge in [0.15, 0.2) is 11.6 Å². The molecule has 1 fully saturated rings. The summed E-state index contributed by atoms with van der Waals surface area (Å²) < 4.78 is 52.8. The number of rotatable bonds is 4. The van der Waals surface area contributed by atoms with E-state index in [4.69, 9.17) is 5.73 Å². The Labute approximate surface area is 149 Å². The van der Waals surface area contributed by atoms with Crippen molar-refractivity contribution in [1.29, 1.82) is 0 Å². The molecule has 1 amide bonds. The van der Waals surface area contributed by atoms with Crippen LogP contribution in [0.2, 0.25) is 0 Å². The van der Waals surface area contributed by atoms with Crippen LogP contribution in [0.3, 0.4) is 0 Å². The normalized spacial score (nSPS) is 15.8. The van der Waals surface area contributed by atoms with E-state index in [-0.39, 0.29) is 36.6 Å². The highest BCUT2D eigenvalue weighted by Crippen LogP contribution is 2.23. The highest BCUT2D eigenvalue weighted by molar-refractivity contribution is 7.89. The smallest absolute Gasteiger partial charge is 0.252 e. The molecule has 0 atom stereocenters. The number of benzene rings is 1. The summed E-state index contributed by atoms with van der Waals surface area (Å²) in [6, 6.07) is 5.62. The fourth-order valence-electron chi connectivity index (χ4n) is 2.77. The van der Waals surface area contributed by atoms with Crippen LogP contribution in [0.5, 0.6) is 0 Å². The molecule has 0 saturated carbocycles. The first-order chi connectivity index (χ1) is 12.3. The summed E-state index contributed by atoms with van der Waals surface area (Å²) in [6.45, 7) is 0.770. The molecule has 0 aliphatic carbocycles. The van der Waals surface area contributed by atoms with Crippen LogP contribution in [-0.4, -0.2) is 49.8 Å². The van der Waals surface area contributed by atoms with E-state index in [2.05, 4.69) is 4.98 Å². The van der Waals surface area contributed by atoms with Gasteiger partial charge in [-0.05, 0) is 30.3 Å². The van der Waals surface area contributed by atoms with Gasteiger partial charge in [-0.15, -0.1) is 0 Å². The average Bonchev–Trinajstić information content (AvgIpc) is 2.64. The van der Waals surface area contributed by atoms with Crippen LogP contribution < -0.4 is 10.6 Å². The lowest BCUT2D eigenvalue weighted by atomic mass is 10.2. The van der Waals surface area contributed by atoms with Gasteiger partial charge in [0.1, 0.15) is 5.82 Å². The van der Waals surface area contributed by atoms with Gasteiger partial charge in [-0.25, -0.2) is 22.2 Å².